The number of nitrogens with two attached hydrogens (primary N) is 1. The van der Waals surface area contributed by atoms with Gasteiger partial charge in [0.25, 0.3) is 0 Å². The first-order valence-electron chi connectivity index (χ1n) is 5.44. The van der Waals surface area contributed by atoms with Gasteiger partial charge in [0.1, 0.15) is 12.4 Å². The Morgan fingerprint density at radius 2 is 1.65 bits per heavy atom. The fraction of sp³-hybridized carbons (Fsp3) is 0.500. The van der Waals surface area contributed by atoms with Gasteiger partial charge >= 0.3 is 0 Å². The van der Waals surface area contributed by atoms with Crippen molar-refractivity contribution in [3.8, 4) is 5.75 Å². The molecule has 5 heteroatoms. The molecule has 0 aliphatic carbocycles. The molecule has 5 N–H and O–H groups in total. The van der Waals surface area contributed by atoms with Crippen molar-refractivity contribution >= 4 is 0 Å². The van der Waals surface area contributed by atoms with Crippen molar-refractivity contribution in [1.29, 1.82) is 0 Å². The van der Waals surface area contributed by atoms with Crippen LogP contribution in [0.3, 0.4) is 0 Å². The zero-order valence-corrected chi connectivity index (χ0v) is 9.67. The van der Waals surface area contributed by atoms with Crippen LogP contribution in [0, 0.1) is 5.41 Å². The van der Waals surface area contributed by atoms with Crippen LogP contribution in [-0.4, -0.2) is 41.7 Å². The van der Waals surface area contributed by atoms with Crippen molar-refractivity contribution in [3.05, 3.63) is 29.8 Å². The Hall–Kier alpha value is -1.14. The molecule has 1 aromatic rings. The number of ether oxygens (including phenoxy) is 1. The van der Waals surface area contributed by atoms with E-state index in [9.17, 15) is 0 Å². The van der Waals surface area contributed by atoms with E-state index >= 15 is 0 Å². The molecule has 0 heterocycles. The van der Waals surface area contributed by atoms with E-state index in [-0.39, 0.29) is 26.4 Å². The van der Waals surface area contributed by atoms with E-state index in [4.69, 9.17) is 25.8 Å². The van der Waals surface area contributed by atoms with Crippen LogP contribution in [0.25, 0.3) is 0 Å². The summed E-state index contributed by atoms with van der Waals surface area (Å²) in [4.78, 5) is 0. The minimum atomic E-state index is -1.03. The van der Waals surface area contributed by atoms with Crippen LogP contribution in [-0.2, 0) is 6.54 Å². The summed E-state index contributed by atoms with van der Waals surface area (Å²) in [5, 5.41) is 27.5. The van der Waals surface area contributed by atoms with Gasteiger partial charge in [0.05, 0.1) is 25.2 Å². The first-order chi connectivity index (χ1) is 8.21. The Balaban J connectivity index is 2.71. The first kappa shape index (κ1) is 13.9. The molecule has 1 rings (SSSR count). The van der Waals surface area contributed by atoms with Crippen molar-refractivity contribution in [2.45, 2.75) is 6.54 Å². The minimum Gasteiger partial charge on any atom is -0.492 e. The third-order valence-electron chi connectivity index (χ3n) is 2.73. The Morgan fingerprint density at radius 3 is 2.18 bits per heavy atom. The van der Waals surface area contributed by atoms with Crippen LogP contribution in [0.2, 0.25) is 0 Å². The molecular formula is C12H19NO4. The lowest BCUT2D eigenvalue weighted by molar-refractivity contribution is -0.0260. The maximum absolute atomic E-state index is 9.16. The lowest BCUT2D eigenvalue weighted by Gasteiger charge is -2.27. The Labute approximate surface area is 100 Å². The number of benzene rings is 1. The smallest absolute Gasteiger partial charge is 0.123 e. The fourth-order valence-corrected chi connectivity index (χ4v) is 1.33. The molecule has 0 amide bonds. The molecule has 0 aliphatic heterocycles. The van der Waals surface area contributed by atoms with Crippen LogP contribution in [0.5, 0.6) is 5.75 Å². The van der Waals surface area contributed by atoms with Gasteiger partial charge in [-0.05, 0) is 6.07 Å². The molecular weight excluding hydrogens is 222 g/mol. The number of hydrogen-bond donors (Lipinski definition) is 4. The van der Waals surface area contributed by atoms with Crippen molar-refractivity contribution in [2.75, 3.05) is 26.4 Å². The second-order valence-corrected chi connectivity index (χ2v) is 4.07. The molecule has 0 fully saturated rings. The molecule has 0 atom stereocenters. The Morgan fingerprint density at radius 1 is 1.06 bits per heavy atom. The van der Waals surface area contributed by atoms with Gasteiger partial charge in [-0.25, -0.2) is 0 Å². The number of aliphatic hydroxyl groups is 3. The van der Waals surface area contributed by atoms with Gasteiger partial charge in [-0.15, -0.1) is 0 Å². The summed E-state index contributed by atoms with van der Waals surface area (Å²) in [6, 6.07) is 7.27. The predicted molar refractivity (Wildman–Crippen MR) is 63.5 cm³/mol. The van der Waals surface area contributed by atoms with E-state index in [0.29, 0.717) is 12.3 Å². The summed E-state index contributed by atoms with van der Waals surface area (Å²) in [5.41, 5.74) is 5.38. The molecule has 0 aromatic heterocycles. The SMILES string of the molecule is NCc1ccccc1OCC(CO)(CO)CO. The van der Waals surface area contributed by atoms with Gasteiger partial charge in [0.15, 0.2) is 0 Å². The lowest BCUT2D eigenvalue weighted by Crippen LogP contribution is -2.40. The second kappa shape index (κ2) is 6.56. The molecule has 0 saturated heterocycles. The first-order valence-corrected chi connectivity index (χ1v) is 5.44. The third-order valence-corrected chi connectivity index (χ3v) is 2.73. The molecule has 1 aromatic carbocycles. The molecule has 5 nitrogen and oxygen atoms in total. The van der Waals surface area contributed by atoms with Crippen molar-refractivity contribution in [2.24, 2.45) is 11.1 Å². The minimum absolute atomic E-state index is 0.0352. The summed E-state index contributed by atoms with van der Waals surface area (Å²) in [6.07, 6.45) is 0. The lowest BCUT2D eigenvalue weighted by atomic mass is 9.92. The zero-order chi connectivity index (χ0) is 12.7. The van der Waals surface area contributed by atoms with E-state index < -0.39 is 5.41 Å². The Bertz CT molecular complexity index is 331. The van der Waals surface area contributed by atoms with Crippen LogP contribution < -0.4 is 10.5 Å². The predicted octanol–water partition coefficient (Wildman–Crippen LogP) is -0.513. The zero-order valence-electron chi connectivity index (χ0n) is 9.67. The summed E-state index contributed by atoms with van der Waals surface area (Å²) < 4.78 is 5.51. The van der Waals surface area contributed by atoms with Crippen LogP contribution in [0.15, 0.2) is 24.3 Å². The highest BCUT2D eigenvalue weighted by molar-refractivity contribution is 5.33. The van der Waals surface area contributed by atoms with E-state index in [1.807, 2.05) is 18.2 Å². The van der Waals surface area contributed by atoms with Crippen LogP contribution in [0.4, 0.5) is 0 Å². The van der Waals surface area contributed by atoms with Gasteiger partial charge in [-0.1, -0.05) is 18.2 Å². The van der Waals surface area contributed by atoms with Crippen molar-refractivity contribution in [1.82, 2.24) is 0 Å². The third kappa shape index (κ3) is 3.41. The highest BCUT2D eigenvalue weighted by Gasteiger charge is 2.29. The van der Waals surface area contributed by atoms with Gasteiger partial charge in [-0.2, -0.15) is 0 Å². The van der Waals surface area contributed by atoms with Crippen LogP contribution in [0.1, 0.15) is 5.56 Å². The molecule has 17 heavy (non-hydrogen) atoms. The highest BCUT2D eigenvalue weighted by Crippen LogP contribution is 2.21. The van der Waals surface area contributed by atoms with E-state index in [1.165, 1.54) is 0 Å². The molecule has 96 valence electrons. The van der Waals surface area contributed by atoms with Crippen LogP contribution >= 0.6 is 0 Å². The molecule has 0 bridgehead atoms. The maximum Gasteiger partial charge on any atom is 0.123 e. The maximum atomic E-state index is 9.16. The second-order valence-electron chi connectivity index (χ2n) is 4.07. The average molecular weight is 241 g/mol. The molecule has 0 spiro atoms. The van der Waals surface area contributed by atoms with Gasteiger partial charge in [0, 0.05) is 12.1 Å². The standard InChI is InChI=1S/C12H19NO4/c13-5-10-3-1-2-4-11(10)17-9-12(6-14,7-15)8-16/h1-4,14-16H,5-9,13H2. The molecule has 0 unspecified atom stereocenters. The normalized spacial score (nSPS) is 11.5. The topological polar surface area (TPSA) is 95.9 Å². The number of aliphatic hydroxyl groups excluding tert-OH is 3. The average Bonchev–Trinajstić information content (AvgIpc) is 2.41. The fourth-order valence-electron chi connectivity index (χ4n) is 1.33. The number of para-hydroxylation sites is 1. The highest BCUT2D eigenvalue weighted by atomic mass is 16.5. The van der Waals surface area contributed by atoms with E-state index in [1.54, 1.807) is 6.07 Å². The van der Waals surface area contributed by atoms with Gasteiger partial charge < -0.3 is 25.8 Å². The summed E-state index contributed by atoms with van der Waals surface area (Å²) in [7, 11) is 0. The van der Waals surface area contributed by atoms with E-state index in [0.717, 1.165) is 5.56 Å². The van der Waals surface area contributed by atoms with Gasteiger partial charge in [0.2, 0.25) is 0 Å². The van der Waals surface area contributed by atoms with Crippen molar-refractivity contribution < 1.29 is 20.1 Å². The quantitative estimate of drug-likeness (QED) is 0.515. The number of rotatable bonds is 7. The van der Waals surface area contributed by atoms with Gasteiger partial charge in [-0.3, -0.25) is 0 Å². The molecule has 0 radical (unpaired) electrons. The largest absolute Gasteiger partial charge is 0.492 e. The molecule has 0 saturated carbocycles. The number of hydrogen-bond acceptors (Lipinski definition) is 5. The monoisotopic (exact) mass is 241 g/mol. The summed E-state index contributed by atoms with van der Waals surface area (Å²) in [6.45, 7) is -0.644. The van der Waals surface area contributed by atoms with E-state index in [2.05, 4.69) is 0 Å². The van der Waals surface area contributed by atoms with Crippen molar-refractivity contribution in [3.63, 3.8) is 0 Å². The molecule has 0 aliphatic rings. The summed E-state index contributed by atoms with van der Waals surface area (Å²) in [5.74, 6) is 0.606. The summed E-state index contributed by atoms with van der Waals surface area (Å²) >= 11 is 0. The Kier molecular flexibility index (Phi) is 5.37.